The second-order valence-corrected chi connectivity index (χ2v) is 13.2. The van der Waals surface area contributed by atoms with Gasteiger partial charge in [-0.3, -0.25) is 4.57 Å². The summed E-state index contributed by atoms with van der Waals surface area (Å²) in [6.07, 6.45) is -0.619. The third-order valence-corrected chi connectivity index (χ3v) is 10.1. The Balaban J connectivity index is 1.80. The molecule has 10 heteroatoms. The first-order valence-electron chi connectivity index (χ1n) is 9.07. The zero-order chi connectivity index (χ0) is 20.0. The first-order chi connectivity index (χ1) is 12.6. The van der Waals surface area contributed by atoms with Crippen molar-refractivity contribution in [3.63, 3.8) is 0 Å². The Bertz CT molecular complexity index is 806. The van der Waals surface area contributed by atoms with Gasteiger partial charge in [-0.1, -0.05) is 20.8 Å². The number of nitrogens with zero attached hydrogens (tertiary/aromatic N) is 4. The van der Waals surface area contributed by atoms with E-state index in [-0.39, 0.29) is 11.6 Å². The van der Waals surface area contributed by atoms with Crippen LogP contribution in [0, 0.1) is 0 Å². The Labute approximate surface area is 159 Å². The van der Waals surface area contributed by atoms with Gasteiger partial charge in [-0.15, -0.1) is 0 Å². The minimum Gasteiger partial charge on any atom is -0.414 e. The molecule has 27 heavy (non-hydrogen) atoms. The molecule has 1 saturated heterocycles. The summed E-state index contributed by atoms with van der Waals surface area (Å²) in [7, 11) is -0.239. The highest BCUT2D eigenvalue weighted by Crippen LogP contribution is 2.38. The molecule has 1 aliphatic rings. The maximum absolute atomic E-state index is 10.5. The van der Waals surface area contributed by atoms with Crippen LogP contribution in [0.15, 0.2) is 12.7 Å². The fraction of sp³-hybridized carbons (Fsp3) is 0.706. The van der Waals surface area contributed by atoms with Crippen LogP contribution < -0.4 is 5.32 Å². The number of imidazole rings is 1. The zero-order valence-electron chi connectivity index (χ0n) is 16.7. The van der Waals surface area contributed by atoms with E-state index >= 15 is 0 Å². The van der Waals surface area contributed by atoms with Gasteiger partial charge in [0.05, 0.1) is 12.9 Å². The average molecular weight is 396 g/mol. The summed E-state index contributed by atoms with van der Waals surface area (Å²) < 4.78 is 13.8. The van der Waals surface area contributed by atoms with Crippen molar-refractivity contribution in [3.05, 3.63) is 12.7 Å². The molecule has 3 rings (SSSR count). The van der Waals surface area contributed by atoms with Crippen LogP contribution in [0.1, 0.15) is 27.0 Å². The molecule has 0 amide bonds. The molecule has 1 aliphatic heterocycles. The molecule has 1 fully saturated rings. The van der Waals surface area contributed by atoms with E-state index in [9.17, 15) is 10.2 Å². The normalized spacial score (nSPS) is 26.7. The highest BCUT2D eigenvalue weighted by atomic mass is 28.4. The number of rotatable bonds is 5. The van der Waals surface area contributed by atoms with Gasteiger partial charge in [0, 0.05) is 7.05 Å². The number of anilines is 1. The van der Waals surface area contributed by atoms with Crippen LogP contribution >= 0.6 is 0 Å². The Morgan fingerprint density at radius 1 is 1.22 bits per heavy atom. The molecule has 3 N–H and O–H groups in total. The molecule has 4 atom stereocenters. The van der Waals surface area contributed by atoms with Crippen LogP contribution in [0.3, 0.4) is 0 Å². The van der Waals surface area contributed by atoms with E-state index in [1.165, 1.54) is 12.7 Å². The van der Waals surface area contributed by atoms with Gasteiger partial charge in [-0.05, 0) is 18.1 Å². The molecule has 0 aliphatic carbocycles. The van der Waals surface area contributed by atoms with Crippen molar-refractivity contribution in [2.75, 3.05) is 19.0 Å². The summed E-state index contributed by atoms with van der Waals surface area (Å²) in [5, 5.41) is 24.0. The van der Waals surface area contributed by atoms with Gasteiger partial charge in [0.1, 0.15) is 30.2 Å². The molecule has 9 nitrogen and oxygen atoms in total. The molecular formula is C17H29N5O4Si. The standard InChI is InChI=1S/C17H29N5O4Si/c1-17(2,3)27(5,6)25-7-10-12(23)13(24)16(26-10)22-9-21-11-14(18-4)19-8-20-15(11)22/h8-10,12-13,16,23-24H,7H2,1-6H3,(H,18,19,20)/t10-,12-,13-,16-/m1/s1. The summed E-state index contributed by atoms with van der Waals surface area (Å²) in [6.45, 7) is 11.0. The number of hydrogen-bond donors (Lipinski definition) is 3. The quantitative estimate of drug-likeness (QED) is 0.653. The number of aliphatic hydroxyl groups excluding tert-OH is 2. The van der Waals surface area contributed by atoms with E-state index in [0.717, 1.165) is 0 Å². The number of aliphatic hydroxyl groups is 2. The van der Waals surface area contributed by atoms with Crippen molar-refractivity contribution in [2.24, 2.45) is 0 Å². The fourth-order valence-electron chi connectivity index (χ4n) is 2.82. The first-order valence-corrected chi connectivity index (χ1v) is 12.0. The van der Waals surface area contributed by atoms with Crippen molar-refractivity contribution in [3.8, 4) is 0 Å². The van der Waals surface area contributed by atoms with Crippen LogP contribution in [0.2, 0.25) is 18.1 Å². The van der Waals surface area contributed by atoms with Crippen LogP contribution in [0.25, 0.3) is 11.2 Å². The van der Waals surface area contributed by atoms with Gasteiger partial charge in [-0.25, -0.2) is 15.0 Å². The fourth-order valence-corrected chi connectivity index (χ4v) is 3.84. The van der Waals surface area contributed by atoms with E-state index in [2.05, 4.69) is 54.1 Å². The van der Waals surface area contributed by atoms with Crippen molar-refractivity contribution >= 4 is 25.3 Å². The lowest BCUT2D eigenvalue weighted by Gasteiger charge is -2.37. The Hall–Kier alpha value is -1.59. The molecule has 0 radical (unpaired) electrons. The zero-order valence-corrected chi connectivity index (χ0v) is 17.7. The minimum atomic E-state index is -1.99. The van der Waals surface area contributed by atoms with E-state index in [4.69, 9.17) is 9.16 Å². The summed E-state index contributed by atoms with van der Waals surface area (Å²) in [5.74, 6) is 0.588. The lowest BCUT2D eigenvalue weighted by atomic mass is 10.1. The van der Waals surface area contributed by atoms with Crippen LogP contribution in [0.4, 0.5) is 5.82 Å². The van der Waals surface area contributed by atoms with Gasteiger partial charge in [0.2, 0.25) is 0 Å². The van der Waals surface area contributed by atoms with Crippen LogP contribution in [-0.4, -0.2) is 70.0 Å². The molecule has 3 heterocycles. The number of hydrogen-bond acceptors (Lipinski definition) is 8. The lowest BCUT2D eigenvalue weighted by Crippen LogP contribution is -2.44. The van der Waals surface area contributed by atoms with E-state index in [1.807, 2.05) is 0 Å². The maximum atomic E-state index is 10.5. The van der Waals surface area contributed by atoms with Gasteiger partial charge in [0.25, 0.3) is 0 Å². The number of nitrogens with one attached hydrogen (secondary N) is 1. The molecule has 2 aromatic rings. The highest BCUT2D eigenvalue weighted by Gasteiger charge is 2.46. The Morgan fingerprint density at radius 3 is 2.56 bits per heavy atom. The van der Waals surface area contributed by atoms with Gasteiger partial charge < -0.3 is 24.7 Å². The monoisotopic (exact) mass is 395 g/mol. The third-order valence-electron chi connectivity index (χ3n) is 5.62. The maximum Gasteiger partial charge on any atom is 0.192 e. The van der Waals surface area contributed by atoms with E-state index in [1.54, 1.807) is 11.6 Å². The average Bonchev–Trinajstić information content (AvgIpc) is 3.14. The molecule has 150 valence electrons. The molecular weight excluding hydrogens is 366 g/mol. The topological polar surface area (TPSA) is 115 Å². The molecule has 0 unspecified atom stereocenters. The predicted octanol–water partition coefficient (Wildman–Crippen LogP) is 1.51. The lowest BCUT2D eigenvalue weighted by molar-refractivity contribution is -0.0491. The van der Waals surface area contributed by atoms with Gasteiger partial charge in [0.15, 0.2) is 26.0 Å². The van der Waals surface area contributed by atoms with Crippen molar-refractivity contribution in [1.29, 1.82) is 0 Å². The van der Waals surface area contributed by atoms with E-state index < -0.39 is 32.9 Å². The van der Waals surface area contributed by atoms with Crippen LogP contribution in [-0.2, 0) is 9.16 Å². The summed E-state index contributed by atoms with van der Waals surface area (Å²) in [6, 6.07) is 0. The largest absolute Gasteiger partial charge is 0.414 e. The SMILES string of the molecule is CNc1ncnc2c1ncn2[C@@H]1O[C@H](CO[Si](C)(C)C(C)(C)C)[C@@H](O)[C@H]1O. The number of fused-ring (bicyclic) bond motifs is 1. The van der Waals surface area contributed by atoms with Gasteiger partial charge in [-0.2, -0.15) is 0 Å². The molecule has 0 bridgehead atoms. The Kier molecular flexibility index (Phi) is 5.30. The second-order valence-electron chi connectivity index (χ2n) is 8.41. The molecule has 0 saturated carbocycles. The smallest absolute Gasteiger partial charge is 0.192 e. The number of ether oxygens (including phenoxy) is 1. The Morgan fingerprint density at radius 2 is 1.93 bits per heavy atom. The summed E-state index contributed by atoms with van der Waals surface area (Å²) in [4.78, 5) is 12.7. The minimum absolute atomic E-state index is 0.0512. The van der Waals surface area contributed by atoms with E-state index in [0.29, 0.717) is 17.0 Å². The van der Waals surface area contributed by atoms with Crippen molar-refractivity contribution in [1.82, 2.24) is 19.5 Å². The van der Waals surface area contributed by atoms with Gasteiger partial charge >= 0.3 is 0 Å². The highest BCUT2D eigenvalue weighted by molar-refractivity contribution is 6.74. The third kappa shape index (κ3) is 3.59. The molecule has 0 spiro atoms. The first kappa shape index (κ1) is 20.1. The predicted molar refractivity (Wildman–Crippen MR) is 104 cm³/mol. The number of aromatic nitrogens is 4. The second kappa shape index (κ2) is 7.10. The summed E-state index contributed by atoms with van der Waals surface area (Å²) in [5.41, 5.74) is 1.10. The van der Waals surface area contributed by atoms with Crippen molar-refractivity contribution < 1.29 is 19.4 Å². The van der Waals surface area contributed by atoms with Crippen LogP contribution in [0.5, 0.6) is 0 Å². The van der Waals surface area contributed by atoms with Crippen molar-refractivity contribution in [2.45, 2.75) is 63.4 Å². The molecule has 0 aromatic carbocycles. The molecule has 2 aromatic heterocycles. The summed E-state index contributed by atoms with van der Waals surface area (Å²) >= 11 is 0.